The van der Waals surface area contributed by atoms with E-state index in [2.05, 4.69) is 46.3 Å². The fourth-order valence-electron chi connectivity index (χ4n) is 2.47. The van der Waals surface area contributed by atoms with Crippen LogP contribution in [-0.4, -0.2) is 49.9 Å². The van der Waals surface area contributed by atoms with Crippen LogP contribution in [0.5, 0.6) is 0 Å². The maximum Gasteiger partial charge on any atom is 0.259 e. The SMILES string of the molecule is B[C@H]1CC[C@@H](COP(OCCC#N)N(C(C)C)C(C)C)O1. The van der Waals surface area contributed by atoms with Gasteiger partial charge in [0.1, 0.15) is 7.85 Å². The fourth-order valence-corrected chi connectivity index (χ4v) is 4.10. The molecule has 120 valence electrons. The Morgan fingerprint density at radius 1 is 1.29 bits per heavy atom. The van der Waals surface area contributed by atoms with Crippen molar-refractivity contribution in [3.63, 3.8) is 0 Å². The summed E-state index contributed by atoms with van der Waals surface area (Å²) in [6.07, 6.45) is 2.71. The van der Waals surface area contributed by atoms with E-state index in [1.807, 2.05) is 0 Å². The first-order valence-electron chi connectivity index (χ1n) is 7.82. The van der Waals surface area contributed by atoms with Crippen LogP contribution in [0.2, 0.25) is 0 Å². The maximum atomic E-state index is 8.67. The van der Waals surface area contributed by atoms with E-state index in [1.165, 1.54) is 0 Å². The summed E-state index contributed by atoms with van der Waals surface area (Å²) in [6.45, 7) is 9.54. The molecule has 1 heterocycles. The third-order valence-corrected chi connectivity index (χ3v) is 5.43. The van der Waals surface area contributed by atoms with E-state index in [0.717, 1.165) is 12.8 Å². The van der Waals surface area contributed by atoms with Gasteiger partial charge in [0, 0.05) is 18.1 Å². The Balaban J connectivity index is 2.55. The topological polar surface area (TPSA) is 54.7 Å². The molecule has 0 aromatic carbocycles. The molecule has 7 heteroatoms. The molecular weight excluding hydrogens is 286 g/mol. The third kappa shape index (κ3) is 6.63. The first-order chi connectivity index (χ1) is 9.95. The lowest BCUT2D eigenvalue weighted by Crippen LogP contribution is -2.34. The number of nitriles is 1. The highest BCUT2D eigenvalue weighted by atomic mass is 31.2. The average Bonchev–Trinajstić information content (AvgIpc) is 2.80. The van der Waals surface area contributed by atoms with Crippen LogP contribution in [0.4, 0.5) is 0 Å². The van der Waals surface area contributed by atoms with E-state index in [1.54, 1.807) is 0 Å². The van der Waals surface area contributed by atoms with Crippen molar-refractivity contribution in [2.45, 2.75) is 71.1 Å². The molecule has 0 aliphatic carbocycles. The zero-order chi connectivity index (χ0) is 15.8. The zero-order valence-electron chi connectivity index (χ0n) is 13.9. The normalized spacial score (nSPS) is 23.9. The van der Waals surface area contributed by atoms with E-state index in [9.17, 15) is 0 Å². The molecule has 0 aromatic rings. The van der Waals surface area contributed by atoms with Crippen molar-refractivity contribution in [2.75, 3.05) is 13.2 Å². The van der Waals surface area contributed by atoms with Crippen LogP contribution in [0, 0.1) is 11.3 Å². The van der Waals surface area contributed by atoms with Gasteiger partial charge in [-0.1, -0.05) is 0 Å². The van der Waals surface area contributed by atoms with Gasteiger partial charge in [0.2, 0.25) is 0 Å². The molecule has 1 aliphatic heterocycles. The van der Waals surface area contributed by atoms with Crippen LogP contribution in [0.1, 0.15) is 47.0 Å². The molecule has 21 heavy (non-hydrogen) atoms. The van der Waals surface area contributed by atoms with Gasteiger partial charge in [-0.25, -0.2) is 4.67 Å². The summed E-state index contributed by atoms with van der Waals surface area (Å²) in [7, 11) is 0.955. The van der Waals surface area contributed by atoms with Crippen molar-refractivity contribution in [3.8, 4) is 6.07 Å². The molecule has 0 spiro atoms. The Morgan fingerprint density at radius 2 is 1.95 bits per heavy atom. The van der Waals surface area contributed by atoms with E-state index < -0.39 is 8.53 Å². The van der Waals surface area contributed by atoms with Crippen LogP contribution in [0.3, 0.4) is 0 Å². The minimum atomic E-state index is -1.14. The summed E-state index contributed by atoms with van der Waals surface area (Å²) in [5, 5.41) is 8.67. The van der Waals surface area contributed by atoms with Gasteiger partial charge >= 0.3 is 0 Å². The highest BCUT2D eigenvalue weighted by Gasteiger charge is 2.29. The largest absolute Gasteiger partial charge is 0.382 e. The number of nitrogens with zero attached hydrogens (tertiary/aromatic N) is 2. The summed E-state index contributed by atoms with van der Waals surface area (Å²) in [4.78, 5) is 0. The molecular formula is C14H28BN2O3P. The average molecular weight is 314 g/mol. The zero-order valence-corrected chi connectivity index (χ0v) is 14.8. The molecule has 1 aliphatic rings. The standard InChI is InChI=1S/C14H28BN2O3P/c1-11(2)17(12(3)4)21(18-9-5-8-16)19-10-13-6-7-14(15)20-13/h11-14H,5-7,9-10,15H2,1-4H3/t13-,14+,21?/m0/s1. The molecule has 0 amide bonds. The monoisotopic (exact) mass is 314 g/mol. The Morgan fingerprint density at radius 3 is 2.43 bits per heavy atom. The van der Waals surface area contributed by atoms with Crippen LogP contribution in [0.25, 0.3) is 0 Å². The Kier molecular flexibility index (Phi) is 8.77. The number of hydrogen-bond donors (Lipinski definition) is 0. The number of hydrogen-bond acceptors (Lipinski definition) is 5. The molecule has 1 unspecified atom stereocenters. The molecule has 0 N–H and O–H groups in total. The Hall–Kier alpha value is -0.175. The van der Waals surface area contributed by atoms with E-state index >= 15 is 0 Å². The summed E-state index contributed by atoms with van der Waals surface area (Å²) < 4.78 is 19.9. The van der Waals surface area contributed by atoms with E-state index in [4.69, 9.17) is 19.0 Å². The lowest BCUT2D eigenvalue weighted by atomic mass is 9.97. The van der Waals surface area contributed by atoms with Gasteiger partial charge in [0.05, 0.1) is 31.8 Å². The molecule has 3 atom stereocenters. The van der Waals surface area contributed by atoms with Gasteiger partial charge in [0.25, 0.3) is 8.53 Å². The van der Waals surface area contributed by atoms with Gasteiger partial charge in [-0.3, -0.25) is 0 Å². The summed E-state index contributed by atoms with van der Waals surface area (Å²) in [5.74, 6) is 0. The molecule has 1 fully saturated rings. The molecule has 0 bridgehead atoms. The summed E-state index contributed by atoms with van der Waals surface area (Å²) >= 11 is 0. The first kappa shape index (κ1) is 18.9. The van der Waals surface area contributed by atoms with Crippen LogP contribution in [-0.2, 0) is 13.8 Å². The lowest BCUT2D eigenvalue weighted by molar-refractivity contribution is 0.0434. The van der Waals surface area contributed by atoms with Crippen molar-refractivity contribution in [2.24, 2.45) is 0 Å². The highest BCUT2D eigenvalue weighted by Crippen LogP contribution is 2.46. The van der Waals surface area contributed by atoms with Crippen molar-refractivity contribution in [1.29, 1.82) is 5.26 Å². The van der Waals surface area contributed by atoms with Gasteiger partial charge in [-0.15, -0.1) is 0 Å². The van der Waals surface area contributed by atoms with Gasteiger partial charge in [-0.2, -0.15) is 5.26 Å². The molecule has 5 nitrogen and oxygen atoms in total. The fraction of sp³-hybridized carbons (Fsp3) is 0.929. The van der Waals surface area contributed by atoms with Crippen molar-refractivity contribution in [3.05, 3.63) is 0 Å². The van der Waals surface area contributed by atoms with Crippen LogP contribution >= 0.6 is 8.53 Å². The minimum absolute atomic E-state index is 0.172. The quantitative estimate of drug-likeness (QED) is 0.372. The smallest absolute Gasteiger partial charge is 0.259 e. The lowest BCUT2D eigenvalue weighted by Gasteiger charge is -2.35. The molecule has 1 saturated heterocycles. The third-order valence-electron chi connectivity index (χ3n) is 3.35. The van der Waals surface area contributed by atoms with Crippen molar-refractivity contribution < 1.29 is 13.8 Å². The maximum absolute atomic E-state index is 8.67. The highest BCUT2D eigenvalue weighted by molar-refractivity contribution is 7.44. The number of ether oxygens (including phenoxy) is 1. The second-order valence-electron chi connectivity index (χ2n) is 5.99. The van der Waals surface area contributed by atoms with E-state index in [0.29, 0.717) is 37.7 Å². The minimum Gasteiger partial charge on any atom is -0.382 e. The second kappa shape index (κ2) is 9.76. The van der Waals surface area contributed by atoms with E-state index in [-0.39, 0.29) is 6.10 Å². The van der Waals surface area contributed by atoms with Crippen LogP contribution in [0.15, 0.2) is 0 Å². The first-order valence-corrected chi connectivity index (χ1v) is 8.95. The molecule has 0 saturated carbocycles. The predicted molar refractivity (Wildman–Crippen MR) is 87.6 cm³/mol. The molecule has 0 radical (unpaired) electrons. The Bertz CT molecular complexity index is 331. The van der Waals surface area contributed by atoms with Gasteiger partial charge < -0.3 is 13.8 Å². The predicted octanol–water partition coefficient (Wildman–Crippen LogP) is 2.42. The number of rotatable bonds is 9. The summed E-state index contributed by atoms with van der Waals surface area (Å²) in [5.41, 5.74) is 0. The van der Waals surface area contributed by atoms with Crippen LogP contribution < -0.4 is 0 Å². The molecule has 1 rings (SSSR count). The molecule has 0 aromatic heterocycles. The van der Waals surface area contributed by atoms with Gasteiger partial charge in [-0.05, 0) is 40.5 Å². The van der Waals surface area contributed by atoms with Crippen molar-refractivity contribution >= 4 is 16.4 Å². The Labute approximate surface area is 131 Å². The summed E-state index contributed by atoms with van der Waals surface area (Å²) in [6, 6.07) is 3.11. The van der Waals surface area contributed by atoms with Gasteiger partial charge in [0.15, 0.2) is 0 Å². The second-order valence-corrected chi connectivity index (χ2v) is 7.44. The van der Waals surface area contributed by atoms with Crippen molar-refractivity contribution in [1.82, 2.24) is 4.67 Å².